The summed E-state index contributed by atoms with van der Waals surface area (Å²) < 4.78 is 30.2. The van der Waals surface area contributed by atoms with E-state index in [0.717, 1.165) is 15.4 Å². The first kappa shape index (κ1) is 29.3. The van der Waals surface area contributed by atoms with E-state index >= 15 is 0 Å². The molecule has 1 N–H and O–H groups in total. The van der Waals surface area contributed by atoms with Gasteiger partial charge in [-0.1, -0.05) is 41.6 Å². The molecule has 0 aliphatic heterocycles. The molecule has 0 saturated carbocycles. The molecule has 0 amide bonds. The molecule has 0 radical (unpaired) electrons. The standard InChI is InChI=1S/C32H30O6S2/c1-22-4-18-29(19-5-22)40(36,37)32(2,3)31(35)25-10-16-28(17-11-25)39-27-14-8-24(9-15-27)30(34)23-6-12-26(13-7-23)38-21-20-33/h4-19,33H,20-21H2,1-3H3. The average molecular weight is 575 g/mol. The van der Waals surface area contributed by atoms with E-state index in [1.54, 1.807) is 72.8 Å². The van der Waals surface area contributed by atoms with Gasteiger partial charge in [0.15, 0.2) is 21.4 Å². The van der Waals surface area contributed by atoms with Gasteiger partial charge in [0.25, 0.3) is 0 Å². The summed E-state index contributed by atoms with van der Waals surface area (Å²) in [7, 11) is -3.90. The topological polar surface area (TPSA) is 97.7 Å². The summed E-state index contributed by atoms with van der Waals surface area (Å²) in [5, 5.41) is 8.85. The molecule has 0 aliphatic carbocycles. The normalized spacial score (nSPS) is 11.7. The van der Waals surface area contributed by atoms with Crippen molar-refractivity contribution in [2.45, 2.75) is 40.2 Å². The van der Waals surface area contributed by atoms with Crippen LogP contribution in [0.2, 0.25) is 0 Å². The molecular weight excluding hydrogens is 544 g/mol. The van der Waals surface area contributed by atoms with Crippen LogP contribution in [0.5, 0.6) is 5.75 Å². The highest BCUT2D eigenvalue weighted by Gasteiger charge is 2.43. The van der Waals surface area contributed by atoms with Crippen molar-refractivity contribution in [3.8, 4) is 5.75 Å². The van der Waals surface area contributed by atoms with Gasteiger partial charge in [-0.15, -0.1) is 0 Å². The van der Waals surface area contributed by atoms with Gasteiger partial charge in [0.05, 0.1) is 11.5 Å². The lowest BCUT2D eigenvalue weighted by Crippen LogP contribution is -2.40. The van der Waals surface area contributed by atoms with Crippen LogP contribution < -0.4 is 4.74 Å². The van der Waals surface area contributed by atoms with Crippen LogP contribution in [0.3, 0.4) is 0 Å². The van der Waals surface area contributed by atoms with Gasteiger partial charge in [0.2, 0.25) is 0 Å². The van der Waals surface area contributed by atoms with Crippen LogP contribution in [0.1, 0.15) is 45.7 Å². The molecule has 8 heteroatoms. The van der Waals surface area contributed by atoms with Crippen molar-refractivity contribution in [2.75, 3.05) is 13.2 Å². The van der Waals surface area contributed by atoms with Gasteiger partial charge >= 0.3 is 0 Å². The Bertz CT molecular complexity index is 1590. The molecule has 0 fully saturated rings. The van der Waals surface area contributed by atoms with E-state index in [9.17, 15) is 18.0 Å². The lowest BCUT2D eigenvalue weighted by Gasteiger charge is -2.23. The molecule has 6 nitrogen and oxygen atoms in total. The van der Waals surface area contributed by atoms with Crippen molar-refractivity contribution < 1.29 is 27.9 Å². The minimum atomic E-state index is -3.90. The van der Waals surface area contributed by atoms with E-state index in [-0.39, 0.29) is 23.9 Å². The third-order valence-corrected chi connectivity index (χ3v) is 9.93. The van der Waals surface area contributed by atoms with Crippen molar-refractivity contribution >= 4 is 33.2 Å². The van der Waals surface area contributed by atoms with Crippen LogP contribution in [0.4, 0.5) is 0 Å². The summed E-state index contributed by atoms with van der Waals surface area (Å²) in [6.45, 7) is 4.87. The smallest absolute Gasteiger partial charge is 0.193 e. The first-order valence-corrected chi connectivity index (χ1v) is 15.0. The minimum absolute atomic E-state index is 0.0790. The number of hydrogen-bond acceptors (Lipinski definition) is 7. The highest BCUT2D eigenvalue weighted by molar-refractivity contribution is 7.99. The van der Waals surface area contributed by atoms with E-state index in [1.807, 2.05) is 19.1 Å². The Hall–Kier alpha value is -3.72. The quantitative estimate of drug-likeness (QED) is 0.214. The van der Waals surface area contributed by atoms with Crippen LogP contribution >= 0.6 is 11.8 Å². The molecular formula is C32H30O6S2. The number of rotatable bonds is 11. The molecule has 40 heavy (non-hydrogen) atoms. The van der Waals surface area contributed by atoms with Gasteiger partial charge < -0.3 is 9.84 Å². The molecule has 4 rings (SSSR count). The van der Waals surface area contributed by atoms with Crippen LogP contribution in [-0.4, -0.2) is 43.1 Å². The third-order valence-electron chi connectivity index (χ3n) is 6.50. The Morgan fingerprint density at radius 1 is 0.750 bits per heavy atom. The first-order valence-electron chi connectivity index (χ1n) is 12.7. The summed E-state index contributed by atoms with van der Waals surface area (Å²) in [4.78, 5) is 28.0. The maximum Gasteiger partial charge on any atom is 0.193 e. The summed E-state index contributed by atoms with van der Waals surface area (Å²) in [6.07, 6.45) is 0. The van der Waals surface area contributed by atoms with E-state index in [1.165, 1.54) is 37.7 Å². The molecule has 0 aromatic heterocycles. The van der Waals surface area contributed by atoms with Crippen molar-refractivity contribution in [3.05, 3.63) is 119 Å². The Morgan fingerprint density at radius 2 is 1.23 bits per heavy atom. The fraction of sp³-hybridized carbons (Fsp3) is 0.188. The highest BCUT2D eigenvalue weighted by atomic mass is 32.2. The Morgan fingerprint density at radius 3 is 1.73 bits per heavy atom. The number of carbonyl (C=O) groups excluding carboxylic acids is 2. The zero-order valence-corrected chi connectivity index (χ0v) is 24.1. The highest BCUT2D eigenvalue weighted by Crippen LogP contribution is 2.32. The summed E-state index contributed by atoms with van der Waals surface area (Å²) in [6, 6.07) is 27.3. The molecule has 206 valence electrons. The Balaban J connectivity index is 1.42. The molecule has 0 saturated heterocycles. The number of carbonyl (C=O) groups is 2. The lowest BCUT2D eigenvalue weighted by molar-refractivity contribution is 0.0953. The largest absolute Gasteiger partial charge is 0.491 e. The van der Waals surface area contributed by atoms with Crippen molar-refractivity contribution in [2.24, 2.45) is 0 Å². The third kappa shape index (κ3) is 6.36. The first-order chi connectivity index (χ1) is 19.0. The van der Waals surface area contributed by atoms with Gasteiger partial charge in [0, 0.05) is 26.5 Å². The second-order valence-corrected chi connectivity index (χ2v) is 13.4. The number of ketones is 2. The minimum Gasteiger partial charge on any atom is -0.491 e. The van der Waals surface area contributed by atoms with Crippen molar-refractivity contribution in [1.82, 2.24) is 0 Å². The molecule has 4 aromatic carbocycles. The average Bonchev–Trinajstić information content (AvgIpc) is 2.96. The number of hydrogen-bond donors (Lipinski definition) is 1. The van der Waals surface area contributed by atoms with E-state index in [0.29, 0.717) is 22.4 Å². The predicted octanol–water partition coefficient (Wildman–Crippen LogP) is 6.18. The van der Waals surface area contributed by atoms with Gasteiger partial charge in [-0.05, 0) is 93.6 Å². The number of aryl methyl sites for hydroxylation is 1. The van der Waals surface area contributed by atoms with Crippen molar-refractivity contribution in [3.63, 3.8) is 0 Å². The molecule has 0 heterocycles. The van der Waals surface area contributed by atoms with Crippen LogP contribution in [0.15, 0.2) is 112 Å². The van der Waals surface area contributed by atoms with Crippen LogP contribution in [0.25, 0.3) is 0 Å². The second kappa shape index (κ2) is 12.2. The van der Waals surface area contributed by atoms with Gasteiger partial charge in [-0.25, -0.2) is 8.42 Å². The zero-order chi connectivity index (χ0) is 28.9. The molecule has 0 atom stereocenters. The summed E-state index contributed by atoms with van der Waals surface area (Å²) >= 11 is 1.47. The number of Topliss-reactive ketones (excluding diaryl/α,β-unsaturated/α-hetero) is 1. The summed E-state index contributed by atoms with van der Waals surface area (Å²) in [5.74, 6) is -0.00155. The van der Waals surface area contributed by atoms with E-state index in [4.69, 9.17) is 9.84 Å². The molecule has 0 unspecified atom stereocenters. The number of sulfone groups is 1. The lowest BCUT2D eigenvalue weighted by atomic mass is 10.0. The zero-order valence-electron chi connectivity index (χ0n) is 22.5. The molecule has 0 bridgehead atoms. The van der Waals surface area contributed by atoms with Gasteiger partial charge in [-0.3, -0.25) is 9.59 Å². The maximum absolute atomic E-state index is 13.3. The monoisotopic (exact) mass is 574 g/mol. The van der Waals surface area contributed by atoms with E-state index in [2.05, 4.69) is 0 Å². The Kier molecular flexibility index (Phi) is 8.93. The molecule has 0 spiro atoms. The number of benzene rings is 4. The molecule has 4 aromatic rings. The van der Waals surface area contributed by atoms with E-state index < -0.39 is 20.4 Å². The summed E-state index contributed by atoms with van der Waals surface area (Å²) in [5.41, 5.74) is 2.34. The van der Waals surface area contributed by atoms with Crippen LogP contribution in [-0.2, 0) is 9.84 Å². The molecule has 0 aliphatic rings. The number of aliphatic hydroxyl groups excluding tert-OH is 1. The van der Waals surface area contributed by atoms with Gasteiger partial charge in [-0.2, -0.15) is 0 Å². The fourth-order valence-electron chi connectivity index (χ4n) is 4.00. The number of ether oxygens (including phenoxy) is 1. The van der Waals surface area contributed by atoms with Crippen LogP contribution in [0, 0.1) is 6.92 Å². The van der Waals surface area contributed by atoms with Crippen molar-refractivity contribution in [1.29, 1.82) is 0 Å². The Labute approximate surface area is 239 Å². The van der Waals surface area contributed by atoms with Gasteiger partial charge in [0.1, 0.15) is 17.1 Å². The predicted molar refractivity (Wildman–Crippen MR) is 156 cm³/mol. The number of aliphatic hydroxyl groups is 1. The maximum atomic E-state index is 13.3. The SMILES string of the molecule is Cc1ccc(S(=O)(=O)C(C)(C)C(=O)c2ccc(Sc3ccc(C(=O)c4ccc(OCCO)cc4)cc3)cc2)cc1. The second-order valence-electron chi connectivity index (χ2n) is 9.73. The fourth-order valence-corrected chi connectivity index (χ4v) is 6.26.